The Balaban J connectivity index is 2.60. The fraction of sp³-hybridized carbons (Fsp3) is 0.611. The highest BCUT2D eigenvalue weighted by Crippen LogP contribution is 2.15. The number of benzene rings is 1. The van der Waals surface area contributed by atoms with E-state index in [1.807, 2.05) is 44.2 Å². The van der Waals surface area contributed by atoms with Crippen molar-refractivity contribution in [3.05, 3.63) is 35.9 Å². The number of hydrogen-bond donors (Lipinski definition) is 1. The number of amides is 1. The maximum Gasteiger partial charge on any atom is 0.411 e. The molecule has 2 atom stereocenters. The van der Waals surface area contributed by atoms with Gasteiger partial charge in [-0.3, -0.25) is 9.69 Å². The Morgan fingerprint density at radius 2 is 1.80 bits per heavy atom. The number of hydrogen-bond acceptors (Lipinski definition) is 3. The first-order valence-electron chi connectivity index (χ1n) is 8.50. The molecule has 0 fully saturated rings. The second-order valence-corrected chi connectivity index (χ2v) is 5.88. The lowest BCUT2D eigenvalue weighted by Crippen LogP contribution is -2.47. The molecule has 1 aromatic rings. The zero-order valence-electron chi connectivity index (χ0n) is 15.0. The second kappa shape index (κ2) is 10.4. The fourth-order valence-electron chi connectivity index (χ4n) is 2.61. The van der Waals surface area contributed by atoms with Crippen LogP contribution in [0.3, 0.4) is 0 Å². The quantitative estimate of drug-likeness (QED) is 0.697. The van der Waals surface area contributed by atoms with E-state index >= 15 is 0 Å². The Labute approximate surface area is 147 Å². The summed E-state index contributed by atoms with van der Waals surface area (Å²) in [6, 6.07) is 9.97. The Morgan fingerprint density at radius 1 is 1.20 bits per heavy atom. The third kappa shape index (κ3) is 8.36. The Morgan fingerprint density at radius 3 is 2.32 bits per heavy atom. The van der Waals surface area contributed by atoms with Crippen LogP contribution in [0.2, 0.25) is 0 Å². The molecule has 1 aromatic carbocycles. The van der Waals surface area contributed by atoms with Gasteiger partial charge < -0.3 is 10.1 Å². The van der Waals surface area contributed by atoms with Crippen LogP contribution in [0, 0.1) is 0 Å². The summed E-state index contributed by atoms with van der Waals surface area (Å²) in [5.74, 6) is -0.533. The number of likely N-dealkylation sites (N-methyl/N-ethyl adjacent to an activating group) is 1. The van der Waals surface area contributed by atoms with Crippen LogP contribution in [0.1, 0.15) is 26.3 Å². The molecule has 1 N–H and O–H groups in total. The third-order valence-corrected chi connectivity index (χ3v) is 4.02. The standard InChI is InChI=1S/C18H27F3N2O2/c1-4-23(5-2)16(11-15-9-7-6-8-10-15)12-22-17(24)14(3)25-13-18(19,20)21/h6-10,14,16H,4-5,11-13H2,1-3H3,(H,22,24)/t14-,16+/m0/s1. The molecule has 0 aliphatic carbocycles. The molecule has 25 heavy (non-hydrogen) atoms. The van der Waals surface area contributed by atoms with Crippen molar-refractivity contribution in [2.45, 2.75) is 45.5 Å². The van der Waals surface area contributed by atoms with Gasteiger partial charge in [0.25, 0.3) is 0 Å². The van der Waals surface area contributed by atoms with E-state index in [0.29, 0.717) is 6.54 Å². The molecule has 0 saturated heterocycles. The van der Waals surface area contributed by atoms with Crippen molar-refractivity contribution in [3.63, 3.8) is 0 Å². The minimum Gasteiger partial charge on any atom is -0.359 e. The van der Waals surface area contributed by atoms with Gasteiger partial charge >= 0.3 is 6.18 Å². The molecule has 0 spiro atoms. The number of nitrogens with one attached hydrogen (secondary N) is 1. The van der Waals surface area contributed by atoms with E-state index in [2.05, 4.69) is 15.0 Å². The molecule has 0 aromatic heterocycles. The number of halogens is 3. The van der Waals surface area contributed by atoms with Crippen molar-refractivity contribution >= 4 is 5.91 Å². The normalized spacial score (nSPS) is 14.4. The molecule has 0 aliphatic rings. The van der Waals surface area contributed by atoms with Gasteiger partial charge in [0.15, 0.2) is 0 Å². The molecule has 0 saturated carbocycles. The van der Waals surface area contributed by atoms with Gasteiger partial charge in [0, 0.05) is 12.6 Å². The molecule has 0 bridgehead atoms. The van der Waals surface area contributed by atoms with E-state index < -0.39 is 24.8 Å². The largest absolute Gasteiger partial charge is 0.411 e. The van der Waals surface area contributed by atoms with Crippen molar-refractivity contribution in [1.29, 1.82) is 0 Å². The van der Waals surface area contributed by atoms with E-state index in [-0.39, 0.29) is 6.04 Å². The summed E-state index contributed by atoms with van der Waals surface area (Å²) in [4.78, 5) is 14.2. The number of alkyl halides is 3. The molecule has 7 heteroatoms. The zero-order chi connectivity index (χ0) is 18.9. The van der Waals surface area contributed by atoms with Crippen molar-refractivity contribution < 1.29 is 22.7 Å². The van der Waals surface area contributed by atoms with Crippen molar-refractivity contribution in [2.75, 3.05) is 26.2 Å². The monoisotopic (exact) mass is 360 g/mol. The Bertz CT molecular complexity index is 505. The lowest BCUT2D eigenvalue weighted by atomic mass is 10.0. The van der Waals surface area contributed by atoms with E-state index in [9.17, 15) is 18.0 Å². The average molecular weight is 360 g/mol. The van der Waals surface area contributed by atoms with Crippen LogP contribution in [0.5, 0.6) is 0 Å². The van der Waals surface area contributed by atoms with E-state index in [4.69, 9.17) is 0 Å². The first-order chi connectivity index (χ1) is 11.8. The summed E-state index contributed by atoms with van der Waals surface area (Å²) in [7, 11) is 0. The minimum atomic E-state index is -4.44. The predicted octanol–water partition coefficient (Wildman–Crippen LogP) is 3.02. The minimum absolute atomic E-state index is 0.0659. The summed E-state index contributed by atoms with van der Waals surface area (Å²) in [6.45, 7) is 5.98. The number of rotatable bonds is 10. The number of carbonyl (C=O) groups excluding carboxylic acids is 1. The molecular weight excluding hydrogens is 333 g/mol. The van der Waals surface area contributed by atoms with Gasteiger partial charge in [-0.1, -0.05) is 44.2 Å². The first-order valence-corrected chi connectivity index (χ1v) is 8.50. The zero-order valence-corrected chi connectivity index (χ0v) is 15.0. The van der Waals surface area contributed by atoms with Gasteiger partial charge in [0.2, 0.25) is 5.91 Å². The molecule has 4 nitrogen and oxygen atoms in total. The molecular formula is C18H27F3N2O2. The van der Waals surface area contributed by atoms with E-state index in [1.54, 1.807) is 0 Å². The van der Waals surface area contributed by atoms with Crippen LogP contribution in [-0.4, -0.2) is 55.4 Å². The smallest absolute Gasteiger partial charge is 0.359 e. The molecule has 0 radical (unpaired) electrons. The van der Waals surface area contributed by atoms with Gasteiger partial charge in [-0.2, -0.15) is 13.2 Å². The molecule has 1 rings (SSSR count). The summed E-state index contributed by atoms with van der Waals surface area (Å²) in [6.07, 6.45) is -4.83. The van der Waals surface area contributed by atoms with Crippen LogP contribution in [-0.2, 0) is 16.0 Å². The molecule has 0 aliphatic heterocycles. The molecule has 0 unspecified atom stereocenters. The second-order valence-electron chi connectivity index (χ2n) is 5.88. The lowest BCUT2D eigenvalue weighted by Gasteiger charge is -2.30. The SMILES string of the molecule is CCN(CC)[C@@H](CNC(=O)[C@H](C)OCC(F)(F)F)Cc1ccccc1. The van der Waals surface area contributed by atoms with Crippen molar-refractivity contribution in [3.8, 4) is 0 Å². The molecule has 142 valence electrons. The van der Waals surface area contributed by atoms with Gasteiger partial charge in [-0.05, 0) is 32.0 Å². The Hall–Kier alpha value is -1.60. The predicted molar refractivity (Wildman–Crippen MR) is 91.3 cm³/mol. The summed E-state index contributed by atoms with van der Waals surface area (Å²) in [5, 5.41) is 2.72. The van der Waals surface area contributed by atoms with Crippen LogP contribution in [0.4, 0.5) is 13.2 Å². The van der Waals surface area contributed by atoms with Crippen molar-refractivity contribution in [1.82, 2.24) is 10.2 Å². The maximum atomic E-state index is 12.2. The van der Waals surface area contributed by atoms with Gasteiger partial charge in [-0.15, -0.1) is 0 Å². The van der Waals surface area contributed by atoms with Crippen molar-refractivity contribution in [2.24, 2.45) is 0 Å². The van der Waals surface area contributed by atoms with Gasteiger partial charge in [0.1, 0.15) is 12.7 Å². The maximum absolute atomic E-state index is 12.2. The topological polar surface area (TPSA) is 41.6 Å². The fourth-order valence-corrected chi connectivity index (χ4v) is 2.61. The summed E-state index contributed by atoms with van der Waals surface area (Å²) in [5.41, 5.74) is 1.15. The third-order valence-electron chi connectivity index (χ3n) is 4.02. The molecule has 1 amide bonds. The van der Waals surface area contributed by atoms with Crippen LogP contribution in [0.15, 0.2) is 30.3 Å². The lowest BCUT2D eigenvalue weighted by molar-refractivity contribution is -0.185. The highest BCUT2D eigenvalue weighted by atomic mass is 19.4. The van der Waals surface area contributed by atoms with Gasteiger partial charge in [0.05, 0.1) is 0 Å². The first kappa shape index (κ1) is 21.4. The number of carbonyl (C=O) groups is 1. The number of ether oxygens (including phenoxy) is 1. The van der Waals surface area contributed by atoms with E-state index in [1.165, 1.54) is 6.92 Å². The van der Waals surface area contributed by atoms with Crippen LogP contribution in [0.25, 0.3) is 0 Å². The van der Waals surface area contributed by atoms with Crippen LogP contribution >= 0.6 is 0 Å². The highest BCUT2D eigenvalue weighted by Gasteiger charge is 2.30. The Kier molecular flexibility index (Phi) is 8.92. The highest BCUT2D eigenvalue weighted by molar-refractivity contribution is 5.80. The summed E-state index contributed by atoms with van der Waals surface area (Å²) >= 11 is 0. The van der Waals surface area contributed by atoms with E-state index in [0.717, 1.165) is 25.1 Å². The van der Waals surface area contributed by atoms with Gasteiger partial charge in [-0.25, -0.2) is 0 Å². The number of nitrogens with zero attached hydrogens (tertiary/aromatic N) is 1. The average Bonchev–Trinajstić information content (AvgIpc) is 2.58. The summed E-state index contributed by atoms with van der Waals surface area (Å²) < 4.78 is 41.1. The van der Waals surface area contributed by atoms with Crippen LogP contribution < -0.4 is 5.32 Å². The molecule has 0 heterocycles.